The number of methoxy groups -OCH3 is 1. The third kappa shape index (κ3) is 4.34. The van der Waals surface area contributed by atoms with E-state index in [9.17, 15) is 10.1 Å². The smallest absolute Gasteiger partial charge is 0.263 e. The van der Waals surface area contributed by atoms with Crippen molar-refractivity contribution in [2.45, 2.75) is 20.8 Å². The molecule has 0 aliphatic rings. The highest BCUT2D eigenvalue weighted by atomic mass is 16.5. The second-order valence-electron chi connectivity index (χ2n) is 7.67. The molecule has 8 nitrogen and oxygen atoms in total. The lowest BCUT2D eigenvalue weighted by Crippen LogP contribution is -2.22. The summed E-state index contributed by atoms with van der Waals surface area (Å²) in [5.41, 5.74) is 4.06. The first-order valence-electron chi connectivity index (χ1n) is 10.3. The number of benzene rings is 2. The fourth-order valence-electron chi connectivity index (χ4n) is 3.49. The number of carbonyl (C=O) groups excluding carboxylic acids is 1. The SMILES string of the molecule is COc1cccc2c(C)cc(-n3ncc(C#N)c3NC(=O)COc3ccc(C)c(C)c3)nc12. The predicted molar refractivity (Wildman–Crippen MR) is 125 cm³/mol. The summed E-state index contributed by atoms with van der Waals surface area (Å²) < 4.78 is 12.5. The summed E-state index contributed by atoms with van der Waals surface area (Å²) in [6.07, 6.45) is 1.39. The number of pyridine rings is 1. The number of fused-ring (bicyclic) bond motifs is 1. The molecule has 0 aliphatic heterocycles. The van der Waals surface area contributed by atoms with Gasteiger partial charge in [-0.05, 0) is 61.7 Å². The molecule has 1 amide bonds. The van der Waals surface area contributed by atoms with Crippen molar-refractivity contribution in [1.82, 2.24) is 14.8 Å². The van der Waals surface area contributed by atoms with Gasteiger partial charge in [-0.2, -0.15) is 15.0 Å². The Morgan fingerprint density at radius 1 is 1.12 bits per heavy atom. The molecule has 8 heteroatoms. The number of hydrogen-bond donors (Lipinski definition) is 1. The van der Waals surface area contributed by atoms with Crippen LogP contribution in [-0.4, -0.2) is 34.4 Å². The van der Waals surface area contributed by atoms with E-state index < -0.39 is 5.91 Å². The van der Waals surface area contributed by atoms with Crippen molar-refractivity contribution in [2.75, 3.05) is 19.0 Å². The first kappa shape index (κ1) is 21.8. The van der Waals surface area contributed by atoms with Gasteiger partial charge in [-0.25, -0.2) is 4.98 Å². The molecule has 0 saturated heterocycles. The number of nitriles is 1. The van der Waals surface area contributed by atoms with E-state index in [2.05, 4.69) is 21.5 Å². The van der Waals surface area contributed by atoms with Crippen molar-refractivity contribution in [2.24, 2.45) is 0 Å². The van der Waals surface area contributed by atoms with Crippen LogP contribution in [0, 0.1) is 32.1 Å². The largest absolute Gasteiger partial charge is 0.494 e. The van der Waals surface area contributed by atoms with Crippen LogP contribution in [0.2, 0.25) is 0 Å². The van der Waals surface area contributed by atoms with Crippen LogP contribution < -0.4 is 14.8 Å². The summed E-state index contributed by atoms with van der Waals surface area (Å²) in [4.78, 5) is 17.3. The number of aromatic nitrogens is 3. The molecule has 2 aromatic carbocycles. The molecule has 166 valence electrons. The van der Waals surface area contributed by atoms with E-state index in [4.69, 9.17) is 9.47 Å². The van der Waals surface area contributed by atoms with E-state index in [-0.39, 0.29) is 18.0 Å². The highest BCUT2D eigenvalue weighted by molar-refractivity contribution is 5.93. The standard InChI is InChI=1S/C25H23N5O3/c1-15-8-9-19(10-16(15)2)33-14-23(31)29-25-18(12-26)13-27-30(25)22-11-17(3)20-6-5-7-21(32-4)24(20)28-22/h5-11,13H,14H2,1-4H3,(H,29,31). The quantitative estimate of drug-likeness (QED) is 0.480. The van der Waals surface area contributed by atoms with E-state index >= 15 is 0 Å². The number of rotatable bonds is 6. The zero-order valence-electron chi connectivity index (χ0n) is 18.8. The van der Waals surface area contributed by atoms with Gasteiger partial charge >= 0.3 is 0 Å². The van der Waals surface area contributed by atoms with Crippen LogP contribution in [0.1, 0.15) is 22.3 Å². The molecule has 0 radical (unpaired) electrons. The van der Waals surface area contributed by atoms with Gasteiger partial charge in [0.05, 0.1) is 13.3 Å². The summed E-state index contributed by atoms with van der Waals surface area (Å²) in [5.74, 6) is 1.49. The molecule has 2 aromatic heterocycles. The summed E-state index contributed by atoms with van der Waals surface area (Å²) in [5, 5.41) is 17.5. The number of aryl methyl sites for hydroxylation is 3. The molecule has 0 atom stereocenters. The summed E-state index contributed by atoms with van der Waals surface area (Å²) in [6, 6.07) is 15.2. The maximum atomic E-state index is 12.6. The maximum absolute atomic E-state index is 12.6. The third-order valence-electron chi connectivity index (χ3n) is 5.43. The minimum atomic E-state index is -0.415. The molecule has 2 heterocycles. The lowest BCUT2D eigenvalue weighted by Gasteiger charge is -2.13. The fraction of sp³-hybridized carbons (Fsp3) is 0.200. The minimum Gasteiger partial charge on any atom is -0.494 e. The monoisotopic (exact) mass is 441 g/mol. The molecule has 4 aromatic rings. The van der Waals surface area contributed by atoms with E-state index in [0.29, 0.717) is 22.8 Å². The van der Waals surface area contributed by atoms with Gasteiger partial charge in [-0.1, -0.05) is 18.2 Å². The zero-order chi connectivity index (χ0) is 23.5. The summed E-state index contributed by atoms with van der Waals surface area (Å²) in [6.45, 7) is 5.73. The van der Waals surface area contributed by atoms with Crippen LogP contribution in [0.15, 0.2) is 48.7 Å². The second kappa shape index (κ2) is 9.01. The predicted octanol–water partition coefficient (Wildman–Crippen LogP) is 4.24. The van der Waals surface area contributed by atoms with Gasteiger partial charge in [0.1, 0.15) is 28.6 Å². The zero-order valence-corrected chi connectivity index (χ0v) is 18.8. The van der Waals surface area contributed by atoms with Crippen LogP contribution >= 0.6 is 0 Å². The average Bonchev–Trinajstić information content (AvgIpc) is 3.21. The molecule has 0 unspecified atom stereocenters. The van der Waals surface area contributed by atoms with Crippen molar-refractivity contribution in [3.63, 3.8) is 0 Å². The van der Waals surface area contributed by atoms with Gasteiger partial charge < -0.3 is 14.8 Å². The second-order valence-corrected chi connectivity index (χ2v) is 7.67. The number of amides is 1. The highest BCUT2D eigenvalue weighted by Gasteiger charge is 2.18. The molecule has 0 bridgehead atoms. The lowest BCUT2D eigenvalue weighted by molar-refractivity contribution is -0.118. The molecule has 33 heavy (non-hydrogen) atoms. The Hall–Kier alpha value is -4.38. The summed E-state index contributed by atoms with van der Waals surface area (Å²) >= 11 is 0. The molecule has 1 N–H and O–H groups in total. The van der Waals surface area contributed by atoms with Crippen molar-refractivity contribution in [3.8, 4) is 23.4 Å². The number of ether oxygens (including phenoxy) is 2. The Bertz CT molecular complexity index is 1400. The first-order chi connectivity index (χ1) is 15.9. The van der Waals surface area contributed by atoms with Crippen LogP contribution in [0.5, 0.6) is 11.5 Å². The molecular formula is C25H23N5O3. The van der Waals surface area contributed by atoms with Gasteiger partial charge in [0.25, 0.3) is 5.91 Å². The molecule has 0 aliphatic carbocycles. The third-order valence-corrected chi connectivity index (χ3v) is 5.43. The fourth-order valence-corrected chi connectivity index (χ4v) is 3.49. The van der Waals surface area contributed by atoms with Crippen LogP contribution in [0.25, 0.3) is 16.7 Å². The number of carbonyl (C=O) groups is 1. The Balaban J connectivity index is 1.63. The number of para-hydroxylation sites is 1. The van der Waals surface area contributed by atoms with Crippen molar-refractivity contribution < 1.29 is 14.3 Å². The van der Waals surface area contributed by atoms with Gasteiger partial charge in [-0.3, -0.25) is 4.79 Å². The van der Waals surface area contributed by atoms with E-state index in [1.807, 2.05) is 63.2 Å². The summed E-state index contributed by atoms with van der Waals surface area (Å²) in [7, 11) is 1.58. The Morgan fingerprint density at radius 3 is 2.67 bits per heavy atom. The van der Waals surface area contributed by atoms with Crippen molar-refractivity contribution in [1.29, 1.82) is 5.26 Å². The van der Waals surface area contributed by atoms with Crippen molar-refractivity contribution in [3.05, 3.63) is 70.9 Å². The van der Waals surface area contributed by atoms with Gasteiger partial charge in [-0.15, -0.1) is 0 Å². The lowest BCUT2D eigenvalue weighted by atomic mass is 10.1. The number of nitrogens with one attached hydrogen (secondary N) is 1. The van der Waals surface area contributed by atoms with E-state index in [1.165, 1.54) is 10.9 Å². The topological polar surface area (TPSA) is 102 Å². The van der Waals surface area contributed by atoms with Crippen LogP contribution in [0.3, 0.4) is 0 Å². The number of anilines is 1. The number of nitrogens with zero attached hydrogens (tertiary/aromatic N) is 4. The Labute approximate surface area is 191 Å². The molecule has 0 fully saturated rings. The average molecular weight is 441 g/mol. The molecule has 0 saturated carbocycles. The molecular weight excluding hydrogens is 418 g/mol. The van der Waals surface area contributed by atoms with Crippen molar-refractivity contribution >= 4 is 22.6 Å². The highest BCUT2D eigenvalue weighted by Crippen LogP contribution is 2.29. The Morgan fingerprint density at radius 2 is 1.94 bits per heavy atom. The maximum Gasteiger partial charge on any atom is 0.263 e. The van der Waals surface area contributed by atoms with Gasteiger partial charge in [0.2, 0.25) is 0 Å². The molecule has 0 spiro atoms. The van der Waals surface area contributed by atoms with Crippen LogP contribution in [-0.2, 0) is 4.79 Å². The minimum absolute atomic E-state index is 0.212. The number of hydrogen-bond acceptors (Lipinski definition) is 6. The van der Waals surface area contributed by atoms with E-state index in [1.54, 1.807) is 7.11 Å². The normalized spacial score (nSPS) is 10.6. The van der Waals surface area contributed by atoms with Gasteiger partial charge in [0.15, 0.2) is 18.2 Å². The Kier molecular flexibility index (Phi) is 5.96. The van der Waals surface area contributed by atoms with E-state index in [0.717, 1.165) is 22.1 Å². The van der Waals surface area contributed by atoms with Crippen LogP contribution in [0.4, 0.5) is 5.82 Å². The molecule has 4 rings (SSSR count). The van der Waals surface area contributed by atoms with Gasteiger partial charge in [0, 0.05) is 5.39 Å². The first-order valence-corrected chi connectivity index (χ1v) is 10.3.